The Bertz CT molecular complexity index is 927. The number of hydrogen-bond donors (Lipinski definition) is 2. The number of para-hydroxylation sites is 1. The quantitative estimate of drug-likeness (QED) is 0.655. The molecule has 0 fully saturated rings. The Kier molecular flexibility index (Phi) is 6.11. The van der Waals surface area contributed by atoms with Crippen molar-refractivity contribution in [3.05, 3.63) is 70.4 Å². The summed E-state index contributed by atoms with van der Waals surface area (Å²) in [6.07, 6.45) is 4.29. The molecule has 2 aromatic heterocycles. The normalized spacial score (nSPS) is 10.3. The molecule has 1 aromatic carbocycles. The van der Waals surface area contributed by atoms with Gasteiger partial charge in [0.15, 0.2) is 0 Å². The second-order valence-corrected chi connectivity index (χ2v) is 6.35. The van der Waals surface area contributed by atoms with E-state index in [0.717, 1.165) is 11.3 Å². The fourth-order valence-corrected chi connectivity index (χ4v) is 3.15. The van der Waals surface area contributed by atoms with Crippen LogP contribution in [0.15, 0.2) is 54.3 Å². The molecule has 3 rings (SSSR count). The summed E-state index contributed by atoms with van der Waals surface area (Å²) in [6.45, 7) is 2.78. The van der Waals surface area contributed by atoms with Gasteiger partial charge in [-0.3, -0.25) is 14.6 Å². The molecule has 2 N–H and O–H groups in total. The lowest BCUT2D eigenvalue weighted by atomic mass is 10.2. The van der Waals surface area contributed by atoms with Gasteiger partial charge in [0.05, 0.1) is 18.5 Å². The van der Waals surface area contributed by atoms with Gasteiger partial charge < -0.3 is 15.4 Å². The van der Waals surface area contributed by atoms with Crippen LogP contribution in [0.3, 0.4) is 0 Å². The molecule has 0 spiro atoms. The van der Waals surface area contributed by atoms with Gasteiger partial charge in [-0.05, 0) is 24.4 Å². The molecule has 0 saturated heterocycles. The molecule has 0 atom stereocenters. The fourth-order valence-electron chi connectivity index (χ4n) is 2.39. The van der Waals surface area contributed by atoms with Gasteiger partial charge in [0.25, 0.3) is 11.8 Å². The van der Waals surface area contributed by atoms with E-state index in [2.05, 4.69) is 20.6 Å². The molecular formula is C19H18N4O3S. The maximum atomic E-state index is 12.6. The first kappa shape index (κ1) is 18.5. The lowest BCUT2D eigenvalue weighted by Crippen LogP contribution is -2.24. The van der Waals surface area contributed by atoms with E-state index in [1.165, 1.54) is 29.9 Å². The number of nitrogens with one attached hydrogen (secondary N) is 2. The minimum Gasteiger partial charge on any atom is -0.494 e. The highest BCUT2D eigenvalue weighted by atomic mass is 32.1. The SMILES string of the molecule is CCOc1ccccc1CNC(=O)c1sccc1NC(=O)c1cnccn1. The second-order valence-electron chi connectivity index (χ2n) is 5.43. The van der Waals surface area contributed by atoms with Crippen molar-refractivity contribution in [2.45, 2.75) is 13.5 Å². The number of aromatic nitrogens is 2. The molecule has 0 bridgehead atoms. The molecule has 8 heteroatoms. The molecule has 7 nitrogen and oxygen atoms in total. The van der Waals surface area contributed by atoms with E-state index < -0.39 is 5.91 Å². The number of thiophene rings is 1. The third kappa shape index (κ3) is 4.68. The van der Waals surface area contributed by atoms with Gasteiger partial charge >= 0.3 is 0 Å². The average molecular weight is 382 g/mol. The van der Waals surface area contributed by atoms with Crippen LogP contribution >= 0.6 is 11.3 Å². The van der Waals surface area contributed by atoms with Gasteiger partial charge in [0, 0.05) is 24.5 Å². The number of anilines is 1. The number of amides is 2. The Labute approximate surface area is 160 Å². The van der Waals surface area contributed by atoms with Gasteiger partial charge in [0.2, 0.25) is 0 Å². The predicted octanol–water partition coefficient (Wildman–Crippen LogP) is 3.12. The van der Waals surface area contributed by atoms with Crippen LogP contribution in [-0.4, -0.2) is 28.4 Å². The largest absolute Gasteiger partial charge is 0.494 e. The van der Waals surface area contributed by atoms with Crippen molar-refractivity contribution in [2.24, 2.45) is 0 Å². The standard InChI is InChI=1S/C19H18N4O3S/c1-2-26-16-6-4-3-5-13(16)11-22-19(25)17-14(7-10-27-17)23-18(24)15-12-20-8-9-21-15/h3-10,12H,2,11H2,1H3,(H,22,25)(H,23,24). The van der Waals surface area contributed by atoms with Crippen LogP contribution < -0.4 is 15.4 Å². The van der Waals surface area contributed by atoms with Crippen LogP contribution in [-0.2, 0) is 6.54 Å². The summed E-state index contributed by atoms with van der Waals surface area (Å²) >= 11 is 1.25. The zero-order chi connectivity index (χ0) is 19.1. The van der Waals surface area contributed by atoms with Crippen molar-refractivity contribution in [3.63, 3.8) is 0 Å². The summed E-state index contributed by atoms with van der Waals surface area (Å²) in [4.78, 5) is 33.0. The zero-order valence-electron chi connectivity index (χ0n) is 14.6. The third-order valence-electron chi connectivity index (χ3n) is 3.63. The number of benzene rings is 1. The molecule has 0 aliphatic carbocycles. The van der Waals surface area contributed by atoms with Crippen molar-refractivity contribution in [1.29, 1.82) is 0 Å². The minimum absolute atomic E-state index is 0.181. The first-order valence-electron chi connectivity index (χ1n) is 8.32. The van der Waals surface area contributed by atoms with Crippen LogP contribution in [0.5, 0.6) is 5.75 Å². The number of carbonyl (C=O) groups excluding carboxylic acids is 2. The van der Waals surface area contributed by atoms with Crippen molar-refractivity contribution < 1.29 is 14.3 Å². The number of nitrogens with zero attached hydrogens (tertiary/aromatic N) is 2. The van der Waals surface area contributed by atoms with E-state index in [9.17, 15) is 9.59 Å². The second kappa shape index (κ2) is 8.91. The molecule has 27 heavy (non-hydrogen) atoms. The summed E-state index contributed by atoms with van der Waals surface area (Å²) in [5.41, 5.74) is 1.50. The first-order chi connectivity index (χ1) is 13.2. The van der Waals surface area contributed by atoms with Crippen LogP contribution in [0.2, 0.25) is 0 Å². The summed E-state index contributed by atoms with van der Waals surface area (Å²) in [6, 6.07) is 9.22. The van der Waals surface area contributed by atoms with E-state index >= 15 is 0 Å². The van der Waals surface area contributed by atoms with Crippen LogP contribution in [0.25, 0.3) is 0 Å². The summed E-state index contributed by atoms with van der Waals surface area (Å²) in [7, 11) is 0. The molecule has 2 amide bonds. The van der Waals surface area contributed by atoms with Gasteiger partial charge in [-0.15, -0.1) is 11.3 Å². The molecule has 3 aromatic rings. The van der Waals surface area contributed by atoms with Gasteiger partial charge in [-0.1, -0.05) is 18.2 Å². The average Bonchev–Trinajstić information content (AvgIpc) is 3.16. The summed E-state index contributed by atoms with van der Waals surface area (Å²) < 4.78 is 5.57. The Morgan fingerprint density at radius 1 is 1.15 bits per heavy atom. The Hall–Kier alpha value is -3.26. The molecule has 138 valence electrons. The highest BCUT2D eigenvalue weighted by Gasteiger charge is 2.17. The van der Waals surface area contributed by atoms with Crippen LogP contribution in [0.4, 0.5) is 5.69 Å². The zero-order valence-corrected chi connectivity index (χ0v) is 15.5. The number of ether oxygens (including phenoxy) is 1. The van der Waals surface area contributed by atoms with Crippen LogP contribution in [0.1, 0.15) is 32.6 Å². The van der Waals surface area contributed by atoms with Crippen molar-refractivity contribution in [1.82, 2.24) is 15.3 Å². The van der Waals surface area contributed by atoms with Crippen molar-refractivity contribution in [3.8, 4) is 5.75 Å². The molecule has 0 radical (unpaired) electrons. The maximum absolute atomic E-state index is 12.6. The number of rotatable bonds is 7. The maximum Gasteiger partial charge on any atom is 0.275 e. The summed E-state index contributed by atoms with van der Waals surface area (Å²) in [5, 5.41) is 7.31. The number of carbonyl (C=O) groups is 2. The lowest BCUT2D eigenvalue weighted by molar-refractivity contribution is 0.0955. The van der Waals surface area contributed by atoms with E-state index in [4.69, 9.17) is 4.74 Å². The van der Waals surface area contributed by atoms with E-state index in [0.29, 0.717) is 23.7 Å². The Morgan fingerprint density at radius 3 is 2.78 bits per heavy atom. The molecule has 0 aliphatic rings. The van der Waals surface area contributed by atoms with Gasteiger partial charge in [-0.25, -0.2) is 4.98 Å². The highest BCUT2D eigenvalue weighted by Crippen LogP contribution is 2.23. The third-order valence-corrected chi connectivity index (χ3v) is 4.54. The summed E-state index contributed by atoms with van der Waals surface area (Å²) in [5.74, 6) is 0.0469. The first-order valence-corrected chi connectivity index (χ1v) is 9.20. The molecular weight excluding hydrogens is 364 g/mol. The molecule has 0 aliphatic heterocycles. The monoisotopic (exact) mass is 382 g/mol. The predicted molar refractivity (Wildman–Crippen MR) is 103 cm³/mol. The topological polar surface area (TPSA) is 93.2 Å². The Morgan fingerprint density at radius 2 is 2.00 bits per heavy atom. The fraction of sp³-hybridized carbons (Fsp3) is 0.158. The van der Waals surface area contributed by atoms with Gasteiger partial charge in [0.1, 0.15) is 16.3 Å². The van der Waals surface area contributed by atoms with E-state index in [1.807, 2.05) is 31.2 Å². The smallest absolute Gasteiger partial charge is 0.275 e. The molecule has 2 heterocycles. The lowest BCUT2D eigenvalue weighted by Gasteiger charge is -2.11. The molecule has 0 saturated carbocycles. The van der Waals surface area contributed by atoms with Gasteiger partial charge in [-0.2, -0.15) is 0 Å². The van der Waals surface area contributed by atoms with Crippen LogP contribution in [0, 0.1) is 0 Å². The van der Waals surface area contributed by atoms with Crippen molar-refractivity contribution >= 4 is 28.8 Å². The Balaban J connectivity index is 1.67. The molecule has 0 unspecified atom stereocenters. The van der Waals surface area contributed by atoms with E-state index in [1.54, 1.807) is 11.4 Å². The highest BCUT2D eigenvalue weighted by molar-refractivity contribution is 7.12. The van der Waals surface area contributed by atoms with E-state index in [-0.39, 0.29) is 11.6 Å². The van der Waals surface area contributed by atoms with Crippen molar-refractivity contribution in [2.75, 3.05) is 11.9 Å². The minimum atomic E-state index is -0.419. The number of hydrogen-bond acceptors (Lipinski definition) is 6.